The molecule has 1 N–H and O–H groups in total. The molecule has 0 aliphatic carbocycles. The number of aliphatic hydroxyl groups is 1. The van der Waals surface area contributed by atoms with Gasteiger partial charge in [-0.25, -0.2) is 32.1 Å². The van der Waals surface area contributed by atoms with Crippen molar-refractivity contribution < 1.29 is 18.3 Å². The van der Waals surface area contributed by atoms with E-state index in [9.17, 15) is 13.5 Å². The smallest absolute Gasteiger partial charge is 0.243 e. The zero-order chi connectivity index (χ0) is 27.6. The second-order valence-electron chi connectivity index (χ2n) is 10.6. The maximum absolute atomic E-state index is 13.5. The summed E-state index contributed by atoms with van der Waals surface area (Å²) in [6.07, 6.45) is 13.4. The third-order valence-electron chi connectivity index (χ3n) is 5.65. The van der Waals surface area contributed by atoms with Crippen molar-refractivity contribution in [1.82, 2.24) is 18.7 Å². The van der Waals surface area contributed by atoms with E-state index < -0.39 is 25.7 Å². The molecule has 1 aromatic carbocycles. The summed E-state index contributed by atoms with van der Waals surface area (Å²) in [5, 5.41) is 15.1. The molecule has 4 rings (SSSR count). The zero-order valence-corrected chi connectivity index (χ0v) is 24.0. The van der Waals surface area contributed by atoms with Crippen molar-refractivity contribution in [3.63, 3.8) is 0 Å². The first kappa shape index (κ1) is 27.9. The highest BCUT2D eigenvalue weighted by Crippen LogP contribution is 2.34. The fraction of sp³-hybridized carbons (Fsp3) is 0.357. The van der Waals surface area contributed by atoms with Crippen LogP contribution in [0.1, 0.15) is 25.1 Å². The first-order valence-electron chi connectivity index (χ1n) is 12.1. The summed E-state index contributed by atoms with van der Waals surface area (Å²) in [5.74, 6) is 6.50. The summed E-state index contributed by atoms with van der Waals surface area (Å²) in [4.78, 5) is 4.36. The number of rotatable bonds is 9. The molecule has 3 aromatic heterocycles. The van der Waals surface area contributed by atoms with Crippen LogP contribution in [-0.2, 0) is 27.2 Å². The minimum atomic E-state index is -3.75. The molecule has 3 heterocycles. The number of hydrogen-bond acceptors (Lipinski definition) is 6. The van der Waals surface area contributed by atoms with Crippen LogP contribution >= 0.6 is 10.0 Å². The van der Waals surface area contributed by atoms with Gasteiger partial charge in [0.05, 0.1) is 30.3 Å². The van der Waals surface area contributed by atoms with E-state index in [4.69, 9.17) is 4.74 Å². The minimum Gasteiger partial charge on any atom is -0.378 e. The molecule has 0 fully saturated rings. The van der Waals surface area contributed by atoms with Gasteiger partial charge in [0.15, 0.2) is 0 Å². The molecular weight excluding hydrogens is 520 g/mol. The van der Waals surface area contributed by atoms with Crippen LogP contribution in [0.5, 0.6) is 0 Å². The molecule has 0 bridgehead atoms. The van der Waals surface area contributed by atoms with Crippen LogP contribution < -0.4 is 0 Å². The van der Waals surface area contributed by atoms with Gasteiger partial charge in [0, 0.05) is 34.7 Å². The molecule has 8 nitrogen and oxygen atoms in total. The Morgan fingerprint density at radius 3 is 2.50 bits per heavy atom. The van der Waals surface area contributed by atoms with E-state index in [0.717, 1.165) is 11.3 Å². The van der Waals surface area contributed by atoms with Gasteiger partial charge in [0.25, 0.3) is 0 Å². The fourth-order valence-corrected chi connectivity index (χ4v) is 5.82. The summed E-state index contributed by atoms with van der Waals surface area (Å²) in [7, 11) is -4.39. The van der Waals surface area contributed by atoms with E-state index in [1.807, 2.05) is 24.4 Å². The van der Waals surface area contributed by atoms with Crippen molar-refractivity contribution in [3.05, 3.63) is 72.4 Å². The highest BCUT2D eigenvalue weighted by molar-refractivity contribution is 8.32. The van der Waals surface area contributed by atoms with Gasteiger partial charge in [0.2, 0.25) is 10.0 Å². The van der Waals surface area contributed by atoms with E-state index in [0.29, 0.717) is 41.1 Å². The Morgan fingerprint density at radius 1 is 1.08 bits per heavy atom. The van der Waals surface area contributed by atoms with Crippen molar-refractivity contribution in [2.45, 2.75) is 31.9 Å². The molecular formula is C28H34N4O4S2. The molecule has 0 unspecified atom stereocenters. The topological polar surface area (TPSA) is 99.2 Å². The van der Waals surface area contributed by atoms with Crippen molar-refractivity contribution in [1.29, 1.82) is 0 Å². The molecule has 0 spiro atoms. The highest BCUT2D eigenvalue weighted by Gasteiger charge is 2.22. The molecule has 0 saturated heterocycles. The number of benzene rings is 1. The maximum atomic E-state index is 13.5. The largest absolute Gasteiger partial charge is 0.378 e. The van der Waals surface area contributed by atoms with Gasteiger partial charge < -0.3 is 9.84 Å². The lowest BCUT2D eigenvalue weighted by atomic mass is 10.1. The van der Waals surface area contributed by atoms with Gasteiger partial charge >= 0.3 is 0 Å². The number of ether oxygens (including phenoxy) is 1. The molecule has 0 aliphatic heterocycles. The molecule has 0 atom stereocenters. The van der Waals surface area contributed by atoms with Gasteiger partial charge in [-0.1, -0.05) is 36.3 Å². The van der Waals surface area contributed by atoms with Crippen molar-refractivity contribution in [2.75, 3.05) is 31.1 Å². The van der Waals surface area contributed by atoms with Crippen molar-refractivity contribution in [3.8, 4) is 23.0 Å². The molecule has 10 heteroatoms. The van der Waals surface area contributed by atoms with Crippen LogP contribution in [0.25, 0.3) is 22.0 Å². The van der Waals surface area contributed by atoms with Crippen LogP contribution in [0.15, 0.2) is 61.2 Å². The summed E-state index contributed by atoms with van der Waals surface area (Å²) >= 11 is 0. The van der Waals surface area contributed by atoms with Gasteiger partial charge in [-0.05, 0) is 50.2 Å². The number of pyridine rings is 1. The highest BCUT2D eigenvalue weighted by atomic mass is 32.3. The lowest BCUT2D eigenvalue weighted by Crippen LogP contribution is -2.14. The Hall–Kier alpha value is -3.10. The number of aromatic nitrogens is 4. The average molecular weight is 555 g/mol. The first-order chi connectivity index (χ1) is 17.8. The Morgan fingerprint density at radius 2 is 1.82 bits per heavy atom. The van der Waals surface area contributed by atoms with Crippen LogP contribution in [0.3, 0.4) is 0 Å². The quantitative estimate of drug-likeness (QED) is 0.247. The first-order valence-corrected chi connectivity index (χ1v) is 16.7. The van der Waals surface area contributed by atoms with E-state index in [1.54, 1.807) is 49.1 Å². The fourth-order valence-electron chi connectivity index (χ4n) is 3.74. The third-order valence-corrected chi connectivity index (χ3v) is 8.64. The van der Waals surface area contributed by atoms with E-state index in [1.165, 1.54) is 10.2 Å². The third kappa shape index (κ3) is 7.26. The second kappa shape index (κ2) is 10.9. The van der Waals surface area contributed by atoms with E-state index in [-0.39, 0.29) is 5.75 Å². The Labute approximate surface area is 226 Å². The van der Waals surface area contributed by atoms with Gasteiger partial charge in [-0.15, -0.1) is 0 Å². The molecule has 0 amide bonds. The Bertz CT molecular complexity index is 1580. The normalized spacial score (nSPS) is 12.9. The van der Waals surface area contributed by atoms with Gasteiger partial charge in [0.1, 0.15) is 18.0 Å². The number of hydrogen-bond donors (Lipinski definition) is 1. The lowest BCUT2D eigenvalue weighted by molar-refractivity contribution is 0.0809. The lowest BCUT2D eigenvalue weighted by Gasteiger charge is -2.24. The predicted molar refractivity (Wildman–Crippen MR) is 155 cm³/mol. The number of nitrogens with zero attached hydrogens (tertiary/aromatic N) is 4. The molecule has 4 aromatic rings. The maximum Gasteiger partial charge on any atom is 0.243 e. The Balaban J connectivity index is 1.72. The standard InChI is InChI=1S/C28H34N4O4S2/c1-28(2,33)12-11-24-15-25-26(23-16-30-31(18-23)21-36-13-14-37(3,4)5)19-32(27(25)17-29-24)38(34,35)20-22-9-7-6-8-10-22/h6-10,15-19,33H,13-14,20-21H2,1-5H3. The van der Waals surface area contributed by atoms with Crippen molar-refractivity contribution in [2.24, 2.45) is 0 Å². The van der Waals surface area contributed by atoms with Gasteiger partial charge in [-0.2, -0.15) is 5.10 Å². The summed E-state index contributed by atoms with van der Waals surface area (Å²) < 4.78 is 35.8. The van der Waals surface area contributed by atoms with E-state index >= 15 is 0 Å². The van der Waals surface area contributed by atoms with Gasteiger partial charge in [-0.3, -0.25) is 0 Å². The van der Waals surface area contributed by atoms with Crippen LogP contribution in [0.2, 0.25) is 0 Å². The van der Waals surface area contributed by atoms with Crippen LogP contribution in [0.4, 0.5) is 0 Å². The molecule has 0 saturated carbocycles. The summed E-state index contributed by atoms with van der Waals surface area (Å²) in [6.45, 7) is 4.15. The molecule has 0 radical (unpaired) electrons. The minimum absolute atomic E-state index is 0.153. The average Bonchev–Trinajstić information content (AvgIpc) is 3.44. The van der Waals surface area contributed by atoms with Crippen LogP contribution in [0, 0.1) is 11.8 Å². The predicted octanol–water partition coefficient (Wildman–Crippen LogP) is 4.07. The Kier molecular flexibility index (Phi) is 8.04. The van der Waals surface area contributed by atoms with Crippen LogP contribution in [-0.4, -0.2) is 69.0 Å². The second-order valence-corrected chi connectivity index (χ2v) is 17.0. The van der Waals surface area contributed by atoms with Crippen molar-refractivity contribution >= 4 is 31.0 Å². The zero-order valence-electron chi connectivity index (χ0n) is 22.4. The molecule has 0 aliphatic rings. The van der Waals surface area contributed by atoms with E-state index in [2.05, 4.69) is 40.7 Å². The summed E-state index contributed by atoms with van der Waals surface area (Å²) in [5.41, 5.74) is 1.83. The molecule has 202 valence electrons. The molecule has 38 heavy (non-hydrogen) atoms. The number of fused-ring (bicyclic) bond motifs is 1. The SMILES string of the molecule is CC(C)(O)C#Cc1cc2c(-c3cnn(COCCS(C)(C)C)c3)cn(S(=O)(=O)Cc3ccccc3)c2cn1. The monoisotopic (exact) mass is 554 g/mol. The summed E-state index contributed by atoms with van der Waals surface area (Å²) in [6, 6.07) is 10.8.